The van der Waals surface area contributed by atoms with Gasteiger partial charge in [-0.15, -0.1) is 17.1 Å². The van der Waals surface area contributed by atoms with Crippen LogP contribution in [0.5, 0.6) is 0 Å². The zero-order valence-electron chi connectivity index (χ0n) is 7.60. The molecule has 0 aliphatic heterocycles. The van der Waals surface area contributed by atoms with E-state index in [-0.39, 0.29) is 0 Å². The van der Waals surface area contributed by atoms with E-state index in [1.54, 1.807) is 11.3 Å². The molecule has 1 aromatic heterocycles. The van der Waals surface area contributed by atoms with Crippen molar-refractivity contribution in [1.29, 1.82) is 0 Å². The zero-order valence-corrected chi connectivity index (χ0v) is 8.42. The monoisotopic (exact) mass is 199 g/mol. The van der Waals surface area contributed by atoms with Crippen LogP contribution in [0, 0.1) is 0 Å². The van der Waals surface area contributed by atoms with Crippen molar-refractivity contribution in [2.24, 2.45) is 0 Å². The summed E-state index contributed by atoms with van der Waals surface area (Å²) >= 11 is 1.60. The number of aromatic nitrogens is 1. The van der Waals surface area contributed by atoms with Crippen LogP contribution in [-0.4, -0.2) is 4.98 Å². The first-order valence-electron chi connectivity index (χ1n) is 4.26. The van der Waals surface area contributed by atoms with Crippen LogP contribution in [0.4, 0.5) is 0 Å². The summed E-state index contributed by atoms with van der Waals surface area (Å²) in [4.78, 5) is 5.15. The van der Waals surface area contributed by atoms with Crippen molar-refractivity contribution in [2.75, 3.05) is 0 Å². The van der Waals surface area contributed by atoms with Crippen molar-refractivity contribution in [3.05, 3.63) is 64.8 Å². The fraction of sp³-hybridized carbons (Fsp3) is 0. The minimum atomic E-state index is 1.02. The topological polar surface area (TPSA) is 12.9 Å². The molecule has 0 atom stereocenters. The maximum absolute atomic E-state index is 4.05. The Morgan fingerprint density at radius 2 is 2.07 bits per heavy atom. The zero-order chi connectivity index (χ0) is 9.80. The molecule has 0 saturated heterocycles. The number of hydrogen-bond donors (Lipinski definition) is 0. The summed E-state index contributed by atoms with van der Waals surface area (Å²) in [6.45, 7) is 3.71. The lowest BCUT2D eigenvalue weighted by Gasteiger charge is -2.00. The van der Waals surface area contributed by atoms with Crippen LogP contribution in [0.2, 0.25) is 0 Å². The highest BCUT2D eigenvalue weighted by Crippen LogP contribution is 2.24. The third-order valence-electron chi connectivity index (χ3n) is 1.92. The smallest absolute Gasteiger partial charge is 0.0798 e. The second-order valence-corrected chi connectivity index (χ2v) is 3.67. The van der Waals surface area contributed by atoms with Gasteiger partial charge in [-0.05, 0) is 5.56 Å². The lowest BCUT2D eigenvalue weighted by atomic mass is 10.1. The van der Waals surface area contributed by atoms with Gasteiger partial charge in [0.1, 0.15) is 0 Å². The molecule has 0 N–H and O–H groups in total. The Labute approximate surface area is 87.1 Å². The maximum atomic E-state index is 4.05. The lowest BCUT2D eigenvalue weighted by Crippen LogP contribution is -1.81. The highest BCUT2D eigenvalue weighted by molar-refractivity contribution is 7.10. The number of benzene rings is 1. The third-order valence-corrected chi connectivity index (χ3v) is 2.71. The molecule has 0 spiro atoms. The first-order chi connectivity index (χ1) is 6.92. The highest BCUT2D eigenvalue weighted by Gasteiger charge is 2.04. The summed E-state index contributed by atoms with van der Waals surface area (Å²) in [6, 6.07) is 10.1. The first kappa shape index (κ1) is 8.95. The van der Waals surface area contributed by atoms with Crippen LogP contribution >= 0.6 is 11.3 Å². The normalized spacial score (nSPS) is 9.43. The Morgan fingerprint density at radius 1 is 1.29 bits per heavy atom. The molecule has 0 radical (unpaired) electrons. The van der Waals surface area contributed by atoms with E-state index < -0.39 is 0 Å². The van der Waals surface area contributed by atoms with Crippen LogP contribution in [0.15, 0.2) is 54.3 Å². The molecule has 2 heteroatoms. The third kappa shape index (κ3) is 1.67. The number of rotatable bonds is 2. The Kier molecular flexibility index (Phi) is 2.59. The summed E-state index contributed by atoms with van der Waals surface area (Å²) in [5.74, 6) is 0. The van der Waals surface area contributed by atoms with Crippen molar-refractivity contribution < 1.29 is 0 Å². The number of hydrogen-bond acceptors (Lipinski definition) is 2. The van der Waals surface area contributed by atoms with Crippen molar-refractivity contribution in [2.45, 2.75) is 0 Å². The molecule has 14 heavy (non-hydrogen) atoms. The van der Waals surface area contributed by atoms with Gasteiger partial charge in [0.25, 0.3) is 0 Å². The van der Waals surface area contributed by atoms with Gasteiger partial charge in [-0.1, -0.05) is 36.9 Å². The van der Waals surface area contributed by atoms with Gasteiger partial charge in [0.2, 0.25) is 0 Å². The predicted octanol–water partition coefficient (Wildman–Crippen LogP) is 3.36. The molecular weight excluding hydrogens is 190 g/mol. The van der Waals surface area contributed by atoms with Crippen molar-refractivity contribution in [3.63, 3.8) is 0 Å². The molecule has 68 valence electrons. The molecule has 0 saturated carbocycles. The molecule has 0 bridgehead atoms. The van der Waals surface area contributed by atoms with Crippen LogP contribution < -0.4 is 0 Å². The average molecular weight is 199 g/mol. The van der Waals surface area contributed by atoms with Gasteiger partial charge in [-0.2, -0.15) is 0 Å². The van der Waals surface area contributed by atoms with E-state index >= 15 is 0 Å². The molecule has 2 aromatic rings. The average Bonchev–Trinajstić information content (AvgIpc) is 2.74. The van der Waals surface area contributed by atoms with E-state index in [2.05, 4.69) is 17.3 Å². The summed E-state index contributed by atoms with van der Waals surface area (Å²) in [5.41, 5.74) is 6.93. The first-order valence-corrected chi connectivity index (χ1v) is 5.14. The second kappa shape index (κ2) is 4.05. The van der Waals surface area contributed by atoms with Crippen LogP contribution in [-0.2, 0) is 0 Å². The number of thiazole rings is 1. The lowest BCUT2D eigenvalue weighted by molar-refractivity contribution is 1.41. The van der Waals surface area contributed by atoms with Gasteiger partial charge < -0.3 is 0 Å². The van der Waals surface area contributed by atoms with E-state index in [4.69, 9.17) is 0 Å². The van der Waals surface area contributed by atoms with E-state index in [1.807, 2.05) is 42.0 Å². The molecule has 0 fully saturated rings. The quantitative estimate of drug-likeness (QED) is 0.676. The van der Waals surface area contributed by atoms with E-state index in [0.717, 1.165) is 16.0 Å². The van der Waals surface area contributed by atoms with Gasteiger partial charge in [0.05, 0.1) is 10.4 Å². The van der Waals surface area contributed by atoms with Crippen LogP contribution in [0.1, 0.15) is 10.4 Å². The molecule has 0 unspecified atom stereocenters. The number of nitrogens with zero attached hydrogens (tertiary/aromatic N) is 1. The highest BCUT2D eigenvalue weighted by atomic mass is 32.1. The van der Waals surface area contributed by atoms with E-state index in [0.29, 0.717) is 0 Å². The summed E-state index contributed by atoms with van der Waals surface area (Å²) in [7, 11) is 0. The molecule has 0 aliphatic carbocycles. The molecule has 0 amide bonds. The Balaban J connectivity index is 2.48. The van der Waals surface area contributed by atoms with Gasteiger partial charge >= 0.3 is 0 Å². The van der Waals surface area contributed by atoms with Crippen LogP contribution in [0.3, 0.4) is 0 Å². The Morgan fingerprint density at radius 3 is 2.64 bits per heavy atom. The molecule has 2 rings (SSSR count). The van der Waals surface area contributed by atoms with Gasteiger partial charge in [-0.3, -0.25) is 4.98 Å². The molecule has 1 aromatic carbocycles. The second-order valence-electron chi connectivity index (χ2n) is 2.78. The fourth-order valence-corrected chi connectivity index (χ4v) is 1.94. The summed E-state index contributed by atoms with van der Waals surface area (Å²) < 4.78 is 0. The molecule has 1 nitrogen and oxygen atoms in total. The predicted molar refractivity (Wildman–Crippen MR) is 60.2 cm³/mol. The minimum Gasteiger partial charge on any atom is -0.252 e. The summed E-state index contributed by atoms with van der Waals surface area (Å²) in [5, 5.41) is 0. The largest absolute Gasteiger partial charge is 0.252 e. The van der Waals surface area contributed by atoms with Crippen molar-refractivity contribution >= 4 is 16.9 Å². The van der Waals surface area contributed by atoms with Crippen molar-refractivity contribution in [1.82, 2.24) is 4.98 Å². The minimum absolute atomic E-state index is 1.02. The van der Waals surface area contributed by atoms with Crippen LogP contribution in [0.25, 0.3) is 5.57 Å². The summed E-state index contributed by atoms with van der Waals surface area (Å²) in [6.07, 6.45) is 1.84. The Hall–Kier alpha value is -1.63. The Bertz CT molecular complexity index is 450. The van der Waals surface area contributed by atoms with Gasteiger partial charge in [-0.25, -0.2) is 0 Å². The maximum Gasteiger partial charge on any atom is 0.0798 e. The molecule has 0 aliphatic rings. The standard InChI is InChI=1S/C12H9NS/c1-2-11(12-8-13-9-14-12)10-6-4-3-5-7-10/h3-9H,1H2. The SMILES string of the molecule is C=C=C(c1ccccc1)c1cncs1. The van der Waals surface area contributed by atoms with Gasteiger partial charge in [0, 0.05) is 11.8 Å². The van der Waals surface area contributed by atoms with Crippen molar-refractivity contribution in [3.8, 4) is 0 Å². The van der Waals surface area contributed by atoms with E-state index in [1.165, 1.54) is 0 Å². The molecule has 1 heterocycles. The molecular formula is C12H9NS. The van der Waals surface area contributed by atoms with Gasteiger partial charge in [0.15, 0.2) is 0 Å². The van der Waals surface area contributed by atoms with E-state index in [9.17, 15) is 0 Å². The fourth-order valence-electron chi connectivity index (χ4n) is 1.28.